The summed E-state index contributed by atoms with van der Waals surface area (Å²) in [5, 5.41) is 0.549. The Bertz CT molecular complexity index is 1050. The van der Waals surface area contributed by atoms with Crippen molar-refractivity contribution in [2.45, 2.75) is 90.9 Å². The molecule has 35 heavy (non-hydrogen) atoms. The number of rotatable bonds is 17. The van der Waals surface area contributed by atoms with Gasteiger partial charge in [-0.25, -0.2) is 0 Å². The van der Waals surface area contributed by atoms with E-state index in [0.29, 0.717) is 29.1 Å². The molecule has 0 amide bonds. The van der Waals surface area contributed by atoms with Crippen LogP contribution in [0, 0.1) is 0 Å². The normalized spacial score (nSPS) is 11.1. The Hall–Kier alpha value is -2.75. The van der Waals surface area contributed by atoms with Crippen LogP contribution < -0.4 is 14.9 Å². The van der Waals surface area contributed by atoms with E-state index in [1.54, 1.807) is 6.07 Å². The summed E-state index contributed by atoms with van der Waals surface area (Å²) in [6, 6.07) is 15.1. The highest BCUT2D eigenvalue weighted by Gasteiger charge is 2.17. The van der Waals surface area contributed by atoms with Gasteiger partial charge in [-0.3, -0.25) is 4.79 Å². The highest BCUT2D eigenvalue weighted by atomic mass is 16.5. The first kappa shape index (κ1) is 26.8. The zero-order valence-corrected chi connectivity index (χ0v) is 21.7. The molecule has 0 N–H and O–H groups in total. The van der Waals surface area contributed by atoms with Gasteiger partial charge in [0, 0.05) is 5.56 Å². The third-order valence-corrected chi connectivity index (χ3v) is 6.38. The average Bonchev–Trinajstić information content (AvgIpc) is 2.89. The second kappa shape index (κ2) is 15.3. The van der Waals surface area contributed by atoms with Crippen molar-refractivity contribution in [3.8, 4) is 22.8 Å². The molecule has 2 aromatic carbocycles. The number of hydrogen-bond acceptors (Lipinski definition) is 4. The van der Waals surface area contributed by atoms with E-state index in [0.717, 1.165) is 37.2 Å². The molecule has 190 valence electrons. The molecule has 0 aliphatic rings. The Kier molecular flexibility index (Phi) is 11.7. The van der Waals surface area contributed by atoms with Crippen LogP contribution >= 0.6 is 0 Å². The van der Waals surface area contributed by atoms with Crippen LogP contribution in [0.3, 0.4) is 0 Å². The molecule has 1 heterocycles. The Labute approximate surface area is 210 Å². The molecule has 4 nitrogen and oxygen atoms in total. The minimum absolute atomic E-state index is 0.115. The van der Waals surface area contributed by atoms with Crippen molar-refractivity contribution in [2.75, 3.05) is 13.2 Å². The number of fused-ring (bicyclic) bond motifs is 1. The van der Waals surface area contributed by atoms with Crippen molar-refractivity contribution in [1.82, 2.24) is 0 Å². The Balaban J connectivity index is 1.66. The lowest BCUT2D eigenvalue weighted by Gasteiger charge is -2.12. The van der Waals surface area contributed by atoms with Crippen molar-refractivity contribution < 1.29 is 13.9 Å². The fourth-order valence-electron chi connectivity index (χ4n) is 4.28. The number of benzene rings is 2. The van der Waals surface area contributed by atoms with E-state index in [9.17, 15) is 4.79 Å². The third kappa shape index (κ3) is 8.45. The van der Waals surface area contributed by atoms with E-state index in [1.807, 2.05) is 42.5 Å². The standard InChI is InChI=1S/C31H42O4/c1-3-5-7-9-11-15-23-33-26-21-19-25(20-22-26)30-31(34-24-16-12-10-8-6-4-2)29(32)27-17-13-14-18-28(27)35-30/h13-14,17-22H,3-12,15-16,23-24H2,1-2H3. The van der Waals surface area contributed by atoms with Crippen LogP contribution in [-0.4, -0.2) is 13.2 Å². The van der Waals surface area contributed by atoms with E-state index >= 15 is 0 Å². The third-order valence-electron chi connectivity index (χ3n) is 6.38. The summed E-state index contributed by atoms with van der Waals surface area (Å²) in [5.41, 5.74) is 1.27. The number of hydrogen-bond donors (Lipinski definition) is 0. The van der Waals surface area contributed by atoms with Crippen LogP contribution in [0.1, 0.15) is 90.9 Å². The van der Waals surface area contributed by atoms with Gasteiger partial charge in [0.15, 0.2) is 5.76 Å². The fraction of sp³-hybridized carbons (Fsp3) is 0.516. The zero-order valence-electron chi connectivity index (χ0n) is 21.7. The topological polar surface area (TPSA) is 48.7 Å². The molecule has 0 atom stereocenters. The van der Waals surface area contributed by atoms with Gasteiger partial charge >= 0.3 is 0 Å². The van der Waals surface area contributed by atoms with E-state index in [1.165, 1.54) is 57.8 Å². The fourth-order valence-corrected chi connectivity index (χ4v) is 4.28. The second-order valence-electron chi connectivity index (χ2n) is 9.34. The maximum Gasteiger partial charge on any atom is 0.235 e. The zero-order chi connectivity index (χ0) is 24.7. The quantitative estimate of drug-likeness (QED) is 0.182. The van der Waals surface area contributed by atoms with E-state index < -0.39 is 0 Å². The Morgan fingerprint density at radius 3 is 1.89 bits per heavy atom. The summed E-state index contributed by atoms with van der Waals surface area (Å²) in [7, 11) is 0. The maximum atomic E-state index is 13.3. The van der Waals surface area contributed by atoms with Crippen LogP contribution in [0.5, 0.6) is 11.5 Å². The van der Waals surface area contributed by atoms with Gasteiger partial charge in [-0.1, -0.05) is 90.2 Å². The molecule has 4 heteroatoms. The van der Waals surface area contributed by atoms with Crippen LogP contribution in [0.4, 0.5) is 0 Å². The molecule has 0 aliphatic carbocycles. The van der Waals surface area contributed by atoms with Crippen molar-refractivity contribution in [3.63, 3.8) is 0 Å². The summed E-state index contributed by atoms with van der Waals surface area (Å²) >= 11 is 0. The molecule has 0 bridgehead atoms. The molecular formula is C31H42O4. The molecule has 0 saturated heterocycles. The van der Waals surface area contributed by atoms with Gasteiger partial charge in [0.1, 0.15) is 11.3 Å². The molecule has 3 aromatic rings. The average molecular weight is 479 g/mol. The lowest BCUT2D eigenvalue weighted by Crippen LogP contribution is -2.11. The lowest BCUT2D eigenvalue weighted by molar-refractivity contribution is 0.296. The predicted octanol–water partition coefficient (Wildman–Crippen LogP) is 8.94. The monoisotopic (exact) mass is 478 g/mol. The van der Waals surface area contributed by atoms with Gasteiger partial charge in [0.2, 0.25) is 11.2 Å². The van der Waals surface area contributed by atoms with E-state index in [2.05, 4.69) is 13.8 Å². The predicted molar refractivity (Wildman–Crippen MR) is 146 cm³/mol. The second-order valence-corrected chi connectivity index (χ2v) is 9.34. The summed E-state index contributed by atoms with van der Waals surface area (Å²) in [5.74, 6) is 1.63. The molecule has 0 saturated carbocycles. The van der Waals surface area contributed by atoms with Crippen molar-refractivity contribution in [1.29, 1.82) is 0 Å². The summed E-state index contributed by atoms with van der Waals surface area (Å²) < 4.78 is 18.2. The Morgan fingerprint density at radius 2 is 1.23 bits per heavy atom. The number of para-hydroxylation sites is 1. The highest BCUT2D eigenvalue weighted by molar-refractivity contribution is 5.82. The van der Waals surface area contributed by atoms with Crippen molar-refractivity contribution in [3.05, 3.63) is 58.8 Å². The minimum Gasteiger partial charge on any atom is -0.494 e. The molecular weight excluding hydrogens is 436 g/mol. The molecule has 0 spiro atoms. The van der Waals surface area contributed by atoms with Crippen molar-refractivity contribution >= 4 is 11.0 Å². The van der Waals surface area contributed by atoms with Gasteiger partial charge in [-0.2, -0.15) is 0 Å². The molecule has 3 rings (SSSR count). The van der Waals surface area contributed by atoms with Crippen LogP contribution in [0.2, 0.25) is 0 Å². The minimum atomic E-state index is -0.115. The van der Waals surface area contributed by atoms with Crippen LogP contribution in [0.15, 0.2) is 57.7 Å². The van der Waals surface area contributed by atoms with Crippen LogP contribution in [-0.2, 0) is 0 Å². The van der Waals surface area contributed by atoms with E-state index in [4.69, 9.17) is 13.9 Å². The smallest absolute Gasteiger partial charge is 0.235 e. The van der Waals surface area contributed by atoms with Crippen molar-refractivity contribution in [2.24, 2.45) is 0 Å². The van der Waals surface area contributed by atoms with E-state index in [-0.39, 0.29) is 5.43 Å². The molecule has 0 radical (unpaired) electrons. The van der Waals surface area contributed by atoms with Gasteiger partial charge in [0.05, 0.1) is 18.6 Å². The molecule has 0 unspecified atom stereocenters. The molecule has 0 aliphatic heterocycles. The number of ether oxygens (including phenoxy) is 2. The summed E-state index contributed by atoms with van der Waals surface area (Å²) in [6.45, 7) is 5.70. The molecule has 1 aromatic heterocycles. The number of unbranched alkanes of at least 4 members (excludes halogenated alkanes) is 10. The Morgan fingerprint density at radius 1 is 0.657 bits per heavy atom. The van der Waals surface area contributed by atoms with Gasteiger partial charge in [0.25, 0.3) is 0 Å². The van der Waals surface area contributed by atoms with Gasteiger partial charge in [-0.15, -0.1) is 0 Å². The summed E-state index contributed by atoms with van der Waals surface area (Å²) in [4.78, 5) is 13.3. The SMILES string of the molecule is CCCCCCCCOc1ccc(-c2oc3ccccc3c(=O)c2OCCCCCCCC)cc1. The summed E-state index contributed by atoms with van der Waals surface area (Å²) in [6.07, 6.45) is 14.5. The highest BCUT2D eigenvalue weighted by Crippen LogP contribution is 2.32. The first-order valence-electron chi connectivity index (χ1n) is 13.7. The first-order chi connectivity index (χ1) is 17.2. The lowest BCUT2D eigenvalue weighted by atomic mass is 10.1. The maximum absolute atomic E-state index is 13.3. The molecule has 0 fully saturated rings. The van der Waals surface area contributed by atoms with Gasteiger partial charge in [-0.05, 0) is 49.2 Å². The first-order valence-corrected chi connectivity index (χ1v) is 13.7. The largest absolute Gasteiger partial charge is 0.494 e. The van der Waals surface area contributed by atoms with Gasteiger partial charge < -0.3 is 13.9 Å². The van der Waals surface area contributed by atoms with Crippen LogP contribution in [0.25, 0.3) is 22.3 Å².